The van der Waals surface area contributed by atoms with Gasteiger partial charge in [0, 0.05) is 25.8 Å². The number of nitrogens with one attached hydrogen (secondary N) is 2. The summed E-state index contributed by atoms with van der Waals surface area (Å²) in [6.07, 6.45) is 1.72. The van der Waals surface area contributed by atoms with Gasteiger partial charge in [-0.05, 0) is 20.0 Å². The molecule has 1 atom stereocenters. The summed E-state index contributed by atoms with van der Waals surface area (Å²) in [5, 5.41) is 7.19. The van der Waals surface area contributed by atoms with Crippen molar-refractivity contribution in [1.29, 1.82) is 0 Å². The molecular formula is C9H18N4O2S. The van der Waals surface area contributed by atoms with Gasteiger partial charge in [-0.15, -0.1) is 0 Å². The summed E-state index contributed by atoms with van der Waals surface area (Å²) in [7, 11) is 0.147. The molecule has 0 saturated carbocycles. The smallest absolute Gasteiger partial charge is 0.212 e. The Bertz CT molecular complexity index is 426. The van der Waals surface area contributed by atoms with Crippen LogP contribution in [0.4, 0.5) is 0 Å². The maximum absolute atomic E-state index is 11.2. The van der Waals surface area contributed by atoms with Gasteiger partial charge in [-0.25, -0.2) is 13.1 Å². The van der Waals surface area contributed by atoms with E-state index in [9.17, 15) is 8.42 Å². The van der Waals surface area contributed by atoms with Gasteiger partial charge in [0.2, 0.25) is 10.0 Å². The second-order valence-electron chi connectivity index (χ2n) is 3.58. The van der Waals surface area contributed by atoms with Crippen LogP contribution in [0.1, 0.15) is 18.7 Å². The van der Waals surface area contributed by atoms with Gasteiger partial charge in [-0.1, -0.05) is 0 Å². The molecular weight excluding hydrogens is 228 g/mol. The number of hydrogen-bond acceptors (Lipinski definition) is 4. The van der Waals surface area contributed by atoms with Crippen LogP contribution in [0.5, 0.6) is 0 Å². The molecule has 0 aromatic carbocycles. The second-order valence-corrected chi connectivity index (χ2v) is 5.62. The van der Waals surface area contributed by atoms with Crippen molar-refractivity contribution in [3.05, 3.63) is 18.0 Å². The Hall–Kier alpha value is -0.920. The van der Waals surface area contributed by atoms with Crippen molar-refractivity contribution in [2.24, 2.45) is 7.05 Å². The third-order valence-corrected chi connectivity index (χ3v) is 3.80. The standard InChI is InChI=1S/C9H18N4O2S/c1-8(9-4-5-12-13(9)3)11-6-7-16(14,15)10-2/h4-5,8,10-11H,6-7H2,1-3H3. The number of rotatable bonds is 6. The van der Waals surface area contributed by atoms with E-state index in [2.05, 4.69) is 15.1 Å². The molecule has 16 heavy (non-hydrogen) atoms. The first-order chi connectivity index (χ1) is 7.46. The fraction of sp³-hybridized carbons (Fsp3) is 0.667. The van der Waals surface area contributed by atoms with Gasteiger partial charge in [-0.3, -0.25) is 4.68 Å². The van der Waals surface area contributed by atoms with E-state index in [0.29, 0.717) is 6.54 Å². The Balaban J connectivity index is 2.43. The molecule has 1 aromatic rings. The van der Waals surface area contributed by atoms with Crippen molar-refractivity contribution >= 4 is 10.0 Å². The lowest BCUT2D eigenvalue weighted by atomic mass is 10.2. The van der Waals surface area contributed by atoms with Crippen LogP contribution in [-0.2, 0) is 17.1 Å². The van der Waals surface area contributed by atoms with Gasteiger partial charge in [0.15, 0.2) is 0 Å². The van der Waals surface area contributed by atoms with Crippen molar-refractivity contribution in [1.82, 2.24) is 19.8 Å². The van der Waals surface area contributed by atoms with Crippen LogP contribution in [0.3, 0.4) is 0 Å². The second kappa shape index (κ2) is 5.42. The predicted molar refractivity (Wildman–Crippen MR) is 62.5 cm³/mol. The third-order valence-electron chi connectivity index (χ3n) is 2.43. The number of nitrogens with zero attached hydrogens (tertiary/aromatic N) is 2. The molecule has 1 aromatic heterocycles. The van der Waals surface area contributed by atoms with Crippen molar-refractivity contribution in [3.8, 4) is 0 Å². The molecule has 0 saturated heterocycles. The average molecular weight is 246 g/mol. The van der Waals surface area contributed by atoms with Gasteiger partial charge in [0.1, 0.15) is 0 Å². The predicted octanol–water partition coefficient (Wildman–Crippen LogP) is -0.380. The minimum Gasteiger partial charge on any atom is -0.308 e. The van der Waals surface area contributed by atoms with Crippen LogP contribution in [0.15, 0.2) is 12.3 Å². The van der Waals surface area contributed by atoms with Crippen LogP contribution < -0.4 is 10.0 Å². The summed E-state index contributed by atoms with van der Waals surface area (Å²) < 4.78 is 26.4. The van der Waals surface area contributed by atoms with E-state index >= 15 is 0 Å². The van der Waals surface area contributed by atoms with Gasteiger partial charge in [-0.2, -0.15) is 5.10 Å². The molecule has 0 bridgehead atoms. The zero-order valence-corrected chi connectivity index (χ0v) is 10.6. The van der Waals surface area contributed by atoms with Crippen molar-refractivity contribution in [2.75, 3.05) is 19.3 Å². The molecule has 0 spiro atoms. The number of aromatic nitrogens is 2. The fourth-order valence-corrected chi connectivity index (χ4v) is 2.02. The molecule has 0 aliphatic heterocycles. The molecule has 0 fully saturated rings. The topological polar surface area (TPSA) is 76.0 Å². The first-order valence-electron chi connectivity index (χ1n) is 5.09. The molecule has 6 nitrogen and oxygen atoms in total. The molecule has 2 N–H and O–H groups in total. The molecule has 92 valence electrons. The molecule has 0 aliphatic carbocycles. The van der Waals surface area contributed by atoms with Gasteiger partial charge in [0.05, 0.1) is 11.4 Å². The minimum atomic E-state index is -3.13. The normalized spacial score (nSPS) is 13.9. The Morgan fingerprint density at radius 1 is 1.56 bits per heavy atom. The SMILES string of the molecule is CNS(=O)(=O)CCNC(C)c1ccnn1C. The van der Waals surface area contributed by atoms with Crippen LogP contribution in [0.2, 0.25) is 0 Å². The molecule has 0 aliphatic rings. The lowest BCUT2D eigenvalue weighted by Crippen LogP contribution is -2.31. The van der Waals surface area contributed by atoms with Crippen LogP contribution >= 0.6 is 0 Å². The summed E-state index contributed by atoms with van der Waals surface area (Å²) >= 11 is 0. The van der Waals surface area contributed by atoms with E-state index in [1.54, 1.807) is 10.9 Å². The van der Waals surface area contributed by atoms with Gasteiger partial charge < -0.3 is 5.32 Å². The molecule has 1 rings (SSSR count). The van der Waals surface area contributed by atoms with E-state index in [1.807, 2.05) is 20.0 Å². The van der Waals surface area contributed by atoms with Crippen LogP contribution in [-0.4, -0.2) is 37.5 Å². The largest absolute Gasteiger partial charge is 0.308 e. The summed E-state index contributed by atoms with van der Waals surface area (Å²) in [4.78, 5) is 0. The van der Waals surface area contributed by atoms with Crippen LogP contribution in [0.25, 0.3) is 0 Å². The van der Waals surface area contributed by atoms with E-state index in [0.717, 1.165) is 5.69 Å². The van der Waals surface area contributed by atoms with Gasteiger partial charge in [0.25, 0.3) is 0 Å². The minimum absolute atomic E-state index is 0.0751. The molecule has 0 radical (unpaired) electrons. The Labute approximate surface area is 96.1 Å². The Morgan fingerprint density at radius 2 is 2.25 bits per heavy atom. The maximum Gasteiger partial charge on any atom is 0.212 e. The summed E-state index contributed by atoms with van der Waals surface area (Å²) in [5.74, 6) is 0.0751. The zero-order chi connectivity index (χ0) is 12.2. The first kappa shape index (κ1) is 13.1. The van der Waals surface area contributed by atoms with Crippen molar-refractivity contribution in [3.63, 3.8) is 0 Å². The van der Waals surface area contributed by atoms with E-state index in [-0.39, 0.29) is 11.8 Å². The lowest BCUT2D eigenvalue weighted by Gasteiger charge is -2.13. The number of aryl methyl sites for hydroxylation is 1. The summed E-state index contributed by atoms with van der Waals surface area (Å²) in [6.45, 7) is 2.39. The highest BCUT2D eigenvalue weighted by Crippen LogP contribution is 2.09. The fourth-order valence-electron chi connectivity index (χ4n) is 1.43. The Kier molecular flexibility index (Phi) is 4.45. The third kappa shape index (κ3) is 3.58. The highest BCUT2D eigenvalue weighted by atomic mass is 32.2. The Morgan fingerprint density at radius 3 is 2.75 bits per heavy atom. The van der Waals surface area contributed by atoms with Crippen molar-refractivity contribution < 1.29 is 8.42 Å². The molecule has 1 heterocycles. The lowest BCUT2D eigenvalue weighted by molar-refractivity contribution is 0.538. The van der Waals surface area contributed by atoms with Crippen LogP contribution in [0, 0.1) is 0 Å². The number of sulfonamides is 1. The van der Waals surface area contributed by atoms with E-state index < -0.39 is 10.0 Å². The molecule has 1 unspecified atom stereocenters. The maximum atomic E-state index is 11.2. The average Bonchev–Trinajstić information content (AvgIpc) is 2.64. The monoisotopic (exact) mass is 246 g/mol. The number of hydrogen-bond donors (Lipinski definition) is 2. The highest BCUT2D eigenvalue weighted by Gasteiger charge is 2.11. The summed E-state index contributed by atoms with van der Waals surface area (Å²) in [6, 6.07) is 1.99. The highest BCUT2D eigenvalue weighted by molar-refractivity contribution is 7.89. The quantitative estimate of drug-likeness (QED) is 0.717. The van der Waals surface area contributed by atoms with Gasteiger partial charge >= 0.3 is 0 Å². The first-order valence-corrected chi connectivity index (χ1v) is 6.74. The zero-order valence-electron chi connectivity index (χ0n) is 9.77. The molecule has 7 heteroatoms. The van der Waals surface area contributed by atoms with E-state index in [1.165, 1.54) is 7.05 Å². The summed E-state index contributed by atoms with van der Waals surface area (Å²) in [5.41, 5.74) is 1.03. The van der Waals surface area contributed by atoms with Crippen molar-refractivity contribution in [2.45, 2.75) is 13.0 Å². The molecule has 0 amide bonds. The van der Waals surface area contributed by atoms with E-state index in [4.69, 9.17) is 0 Å².